The molecule has 0 unspecified atom stereocenters. The van der Waals surface area contributed by atoms with Crippen molar-refractivity contribution in [3.8, 4) is 5.88 Å². The summed E-state index contributed by atoms with van der Waals surface area (Å²) in [5.41, 5.74) is 0.868. The highest BCUT2D eigenvalue weighted by Gasteiger charge is 2.04. The molecule has 0 radical (unpaired) electrons. The van der Waals surface area contributed by atoms with Crippen LogP contribution in [-0.4, -0.2) is 37.3 Å². The number of aliphatic carboxylic acids is 2. The summed E-state index contributed by atoms with van der Waals surface area (Å²) < 4.78 is 5.67. The number of benzene rings is 1. The van der Waals surface area contributed by atoms with Crippen molar-refractivity contribution in [2.24, 2.45) is 0 Å². The molecular weight excluding hydrogens is 338 g/mol. The van der Waals surface area contributed by atoms with Crippen LogP contribution in [0.4, 0.5) is 0 Å². The Bertz CT molecular complexity index is 892. The van der Waals surface area contributed by atoms with Crippen molar-refractivity contribution in [3.05, 3.63) is 72.7 Å². The fourth-order valence-electron chi connectivity index (χ4n) is 1.88. The Morgan fingerprint density at radius 1 is 1.00 bits per heavy atom. The van der Waals surface area contributed by atoms with Crippen LogP contribution in [0.25, 0.3) is 10.8 Å². The molecule has 0 saturated carbocycles. The first-order valence-electron chi connectivity index (χ1n) is 7.43. The van der Waals surface area contributed by atoms with Crippen LogP contribution in [-0.2, 0) is 16.2 Å². The van der Waals surface area contributed by atoms with E-state index in [9.17, 15) is 9.59 Å². The van der Waals surface area contributed by atoms with Gasteiger partial charge in [-0.15, -0.1) is 5.10 Å². The molecule has 3 rings (SSSR count). The van der Waals surface area contributed by atoms with Crippen molar-refractivity contribution in [1.82, 2.24) is 15.2 Å². The van der Waals surface area contributed by atoms with E-state index >= 15 is 0 Å². The molecule has 0 saturated heterocycles. The van der Waals surface area contributed by atoms with Gasteiger partial charge >= 0.3 is 11.9 Å². The Morgan fingerprint density at radius 2 is 1.69 bits per heavy atom. The molecule has 8 nitrogen and oxygen atoms in total. The molecule has 8 heteroatoms. The zero-order valence-electron chi connectivity index (χ0n) is 13.5. The normalized spacial score (nSPS) is 10.2. The van der Waals surface area contributed by atoms with Gasteiger partial charge in [0, 0.05) is 29.1 Å². The lowest BCUT2D eigenvalue weighted by atomic mass is 10.2. The summed E-state index contributed by atoms with van der Waals surface area (Å²) in [6.07, 6.45) is 4.58. The number of carboxylic acids is 2. The van der Waals surface area contributed by atoms with E-state index in [1.807, 2.05) is 42.5 Å². The van der Waals surface area contributed by atoms with E-state index in [-0.39, 0.29) is 0 Å². The van der Waals surface area contributed by atoms with Gasteiger partial charge in [-0.25, -0.2) is 9.59 Å². The number of aromatic nitrogens is 3. The van der Waals surface area contributed by atoms with Gasteiger partial charge in [0.1, 0.15) is 6.61 Å². The molecule has 0 aliphatic rings. The van der Waals surface area contributed by atoms with Gasteiger partial charge in [-0.2, -0.15) is 5.10 Å². The largest absolute Gasteiger partial charge is 0.478 e. The third-order valence-electron chi connectivity index (χ3n) is 2.99. The van der Waals surface area contributed by atoms with Gasteiger partial charge < -0.3 is 14.9 Å². The lowest BCUT2D eigenvalue weighted by Crippen LogP contribution is -2.00. The van der Waals surface area contributed by atoms with Crippen LogP contribution < -0.4 is 4.74 Å². The number of carboxylic acid groups (broad SMARTS) is 2. The van der Waals surface area contributed by atoms with Crippen molar-refractivity contribution in [2.75, 3.05) is 0 Å². The zero-order chi connectivity index (χ0) is 18.8. The lowest BCUT2D eigenvalue weighted by Gasteiger charge is -2.06. The number of fused-ring (bicyclic) bond motifs is 1. The second-order valence-corrected chi connectivity index (χ2v) is 4.86. The molecule has 0 aliphatic heterocycles. The molecule has 0 spiro atoms. The van der Waals surface area contributed by atoms with Crippen molar-refractivity contribution in [2.45, 2.75) is 6.61 Å². The maximum atomic E-state index is 9.55. The van der Waals surface area contributed by atoms with Crippen LogP contribution in [0.1, 0.15) is 5.69 Å². The molecular formula is C18H15N3O5. The van der Waals surface area contributed by atoms with Crippen LogP contribution in [0.2, 0.25) is 0 Å². The van der Waals surface area contributed by atoms with E-state index in [4.69, 9.17) is 14.9 Å². The highest BCUT2D eigenvalue weighted by molar-refractivity contribution is 5.89. The first kappa shape index (κ1) is 18.5. The second-order valence-electron chi connectivity index (χ2n) is 4.86. The molecule has 0 atom stereocenters. The molecule has 1 aromatic carbocycles. The van der Waals surface area contributed by atoms with E-state index in [1.165, 1.54) is 0 Å². The smallest absolute Gasteiger partial charge is 0.328 e. The van der Waals surface area contributed by atoms with Crippen LogP contribution in [0, 0.1) is 0 Å². The minimum Gasteiger partial charge on any atom is -0.478 e. The van der Waals surface area contributed by atoms with Crippen LogP contribution >= 0.6 is 0 Å². The van der Waals surface area contributed by atoms with Gasteiger partial charge in [0.05, 0.1) is 11.9 Å². The highest BCUT2D eigenvalue weighted by Crippen LogP contribution is 2.21. The third-order valence-corrected chi connectivity index (χ3v) is 2.99. The Labute approximate surface area is 148 Å². The average Bonchev–Trinajstić information content (AvgIpc) is 2.66. The maximum Gasteiger partial charge on any atom is 0.328 e. The Morgan fingerprint density at radius 3 is 2.35 bits per heavy atom. The predicted molar refractivity (Wildman–Crippen MR) is 92.5 cm³/mol. The first-order chi connectivity index (χ1) is 12.6. The summed E-state index contributed by atoms with van der Waals surface area (Å²) >= 11 is 0. The van der Waals surface area contributed by atoms with Crippen LogP contribution in [0.15, 0.2) is 67.0 Å². The zero-order valence-corrected chi connectivity index (χ0v) is 13.5. The fraction of sp³-hybridized carbons (Fsp3) is 0.0556. The standard InChI is InChI=1S/C14H11N3O.C4H4O4/c1-2-7-13-11(5-1)9-16-17-14(13)18-10-12-6-3-4-8-15-12;5-3(6)1-2-4(7)8/h1-9H,10H2;1-2H,(H,5,6)(H,7,8)/b;2-1+. The lowest BCUT2D eigenvalue weighted by molar-refractivity contribution is -0.134. The number of nitrogens with zero attached hydrogens (tertiary/aromatic N) is 3. The Kier molecular flexibility index (Phi) is 6.75. The summed E-state index contributed by atoms with van der Waals surface area (Å²) in [6, 6.07) is 13.6. The van der Waals surface area contributed by atoms with E-state index in [0.717, 1.165) is 16.5 Å². The minimum atomic E-state index is -1.26. The summed E-state index contributed by atoms with van der Waals surface area (Å²) in [4.78, 5) is 23.3. The second kappa shape index (κ2) is 9.48. The Hall–Kier alpha value is -3.81. The van der Waals surface area contributed by atoms with Gasteiger partial charge in [0.15, 0.2) is 0 Å². The number of pyridine rings is 1. The van der Waals surface area contributed by atoms with Gasteiger partial charge in [0.2, 0.25) is 5.88 Å². The van der Waals surface area contributed by atoms with Crippen LogP contribution in [0.3, 0.4) is 0 Å². The Balaban J connectivity index is 0.000000260. The number of hydrogen-bond acceptors (Lipinski definition) is 6. The molecule has 0 fully saturated rings. The number of hydrogen-bond donors (Lipinski definition) is 2. The topological polar surface area (TPSA) is 122 Å². The molecule has 132 valence electrons. The first-order valence-corrected chi connectivity index (χ1v) is 7.43. The molecule has 2 aromatic heterocycles. The van der Waals surface area contributed by atoms with Crippen molar-refractivity contribution in [1.29, 1.82) is 0 Å². The quantitative estimate of drug-likeness (QED) is 0.670. The van der Waals surface area contributed by atoms with Crippen molar-refractivity contribution < 1.29 is 24.5 Å². The summed E-state index contributed by atoms with van der Waals surface area (Å²) in [7, 11) is 0. The molecule has 26 heavy (non-hydrogen) atoms. The number of rotatable bonds is 5. The van der Waals surface area contributed by atoms with Gasteiger partial charge in [0.25, 0.3) is 0 Å². The summed E-state index contributed by atoms with van der Waals surface area (Å²) in [5, 5.41) is 25.6. The highest BCUT2D eigenvalue weighted by atomic mass is 16.5. The number of carbonyl (C=O) groups is 2. The van der Waals surface area contributed by atoms with Gasteiger partial charge in [-0.3, -0.25) is 4.98 Å². The molecule has 2 heterocycles. The van der Waals surface area contributed by atoms with Crippen molar-refractivity contribution >= 4 is 22.7 Å². The van der Waals surface area contributed by atoms with E-state index in [2.05, 4.69) is 15.2 Å². The maximum absolute atomic E-state index is 9.55. The van der Waals surface area contributed by atoms with E-state index in [1.54, 1.807) is 12.4 Å². The van der Waals surface area contributed by atoms with Gasteiger partial charge in [-0.1, -0.05) is 24.3 Å². The summed E-state index contributed by atoms with van der Waals surface area (Å²) in [6.45, 7) is 0.392. The van der Waals surface area contributed by atoms with Crippen LogP contribution in [0.5, 0.6) is 5.88 Å². The van der Waals surface area contributed by atoms with Crippen molar-refractivity contribution in [3.63, 3.8) is 0 Å². The molecule has 0 amide bonds. The summed E-state index contributed by atoms with van der Waals surface area (Å²) in [5.74, 6) is -1.97. The van der Waals surface area contributed by atoms with E-state index < -0.39 is 11.9 Å². The average molecular weight is 353 g/mol. The molecule has 0 bridgehead atoms. The number of ether oxygens (including phenoxy) is 1. The van der Waals surface area contributed by atoms with Gasteiger partial charge in [-0.05, 0) is 18.2 Å². The predicted octanol–water partition coefficient (Wildman–Crippen LogP) is 2.32. The molecule has 2 N–H and O–H groups in total. The van der Waals surface area contributed by atoms with E-state index in [0.29, 0.717) is 24.6 Å². The monoisotopic (exact) mass is 353 g/mol. The molecule has 3 aromatic rings. The minimum absolute atomic E-state index is 0.392. The SMILES string of the molecule is O=C(O)/C=C/C(=O)O.c1ccc(COc2nncc3ccccc23)nc1. The fourth-order valence-corrected chi connectivity index (χ4v) is 1.88. The third kappa shape index (κ3) is 6.00. The molecule has 0 aliphatic carbocycles.